The molecule has 0 aliphatic carbocycles. The van der Waals surface area contributed by atoms with Crippen LogP contribution in [-0.2, 0) is 4.84 Å². The van der Waals surface area contributed by atoms with Gasteiger partial charge in [0.2, 0.25) is 0 Å². The van der Waals surface area contributed by atoms with Crippen molar-refractivity contribution >= 4 is 11.8 Å². The van der Waals surface area contributed by atoms with E-state index in [2.05, 4.69) is 10.1 Å². The highest BCUT2D eigenvalue weighted by Gasteiger charge is 2.12. The number of amidine groups is 1. The Morgan fingerprint density at radius 2 is 1.91 bits per heavy atom. The summed E-state index contributed by atoms with van der Waals surface area (Å²) in [7, 11) is 2.99. The van der Waals surface area contributed by atoms with Crippen LogP contribution in [0.15, 0.2) is 47.9 Å². The molecule has 0 radical (unpaired) electrons. The van der Waals surface area contributed by atoms with E-state index in [1.807, 2.05) is 0 Å². The van der Waals surface area contributed by atoms with Gasteiger partial charge in [-0.2, -0.15) is 0 Å². The van der Waals surface area contributed by atoms with Crippen molar-refractivity contribution in [1.29, 1.82) is 0 Å². The van der Waals surface area contributed by atoms with Crippen LogP contribution >= 0.6 is 0 Å². The summed E-state index contributed by atoms with van der Waals surface area (Å²) >= 11 is 0. The fourth-order valence-corrected chi connectivity index (χ4v) is 1.71. The molecule has 1 heterocycles. The molecule has 7 heteroatoms. The molecule has 114 valence electrons. The molecular formula is C15H16N3O4+. The molecule has 0 fully saturated rings. The van der Waals surface area contributed by atoms with E-state index in [0.29, 0.717) is 17.1 Å². The van der Waals surface area contributed by atoms with Crippen molar-refractivity contribution in [1.82, 2.24) is 0 Å². The number of ether oxygens (including phenoxy) is 2. The molecule has 22 heavy (non-hydrogen) atoms. The zero-order valence-corrected chi connectivity index (χ0v) is 12.2. The van der Waals surface area contributed by atoms with Crippen LogP contribution in [0, 0.1) is 0 Å². The van der Waals surface area contributed by atoms with Gasteiger partial charge in [0.15, 0.2) is 29.7 Å². The maximum absolute atomic E-state index is 12.0. The van der Waals surface area contributed by atoms with Gasteiger partial charge in [-0.3, -0.25) is 0 Å². The van der Waals surface area contributed by atoms with Crippen molar-refractivity contribution in [2.75, 3.05) is 14.2 Å². The fraction of sp³-hybridized carbons (Fsp3) is 0.133. The molecule has 0 saturated heterocycles. The standard InChI is InChI=1S/C15H15N3O4/c1-20-12-6-5-10(8-13(12)21-2)15(19)22-18-14(16)11-4-3-7-17-9-11/h3-9H,1-2H3,(H2,16,18)/p+1. The molecule has 3 N–H and O–H groups in total. The number of pyridine rings is 1. The third-order valence-corrected chi connectivity index (χ3v) is 2.85. The minimum Gasteiger partial charge on any atom is -0.493 e. The van der Waals surface area contributed by atoms with Crippen LogP contribution in [0.2, 0.25) is 0 Å². The molecule has 0 atom stereocenters. The summed E-state index contributed by atoms with van der Waals surface area (Å²) in [6.45, 7) is 0. The van der Waals surface area contributed by atoms with E-state index in [0.717, 1.165) is 0 Å². The molecule has 0 aliphatic rings. The van der Waals surface area contributed by atoms with E-state index in [1.165, 1.54) is 20.3 Å². The highest BCUT2D eigenvalue weighted by Crippen LogP contribution is 2.27. The minimum absolute atomic E-state index is 0.0886. The third kappa shape index (κ3) is 3.51. The zero-order chi connectivity index (χ0) is 15.9. The first-order valence-corrected chi connectivity index (χ1v) is 6.39. The normalized spacial score (nSPS) is 10.9. The number of carbonyl (C=O) groups is 1. The van der Waals surface area contributed by atoms with Crippen LogP contribution in [0.25, 0.3) is 0 Å². The summed E-state index contributed by atoms with van der Waals surface area (Å²) in [4.78, 5) is 19.6. The first-order chi connectivity index (χ1) is 10.7. The van der Waals surface area contributed by atoms with Gasteiger partial charge in [0.1, 0.15) is 0 Å². The monoisotopic (exact) mass is 302 g/mol. The van der Waals surface area contributed by atoms with Gasteiger partial charge in [-0.05, 0) is 24.3 Å². The second-order valence-electron chi connectivity index (χ2n) is 4.22. The van der Waals surface area contributed by atoms with Crippen LogP contribution in [0.1, 0.15) is 15.9 Å². The van der Waals surface area contributed by atoms with Gasteiger partial charge in [0, 0.05) is 6.07 Å². The Bertz CT molecular complexity index is 686. The molecule has 0 saturated carbocycles. The number of nitrogens with two attached hydrogens (primary N) is 1. The molecule has 2 aromatic rings. The highest BCUT2D eigenvalue weighted by molar-refractivity contribution is 5.97. The van der Waals surface area contributed by atoms with E-state index in [4.69, 9.17) is 20.0 Å². The number of oxime groups is 1. The predicted octanol–water partition coefficient (Wildman–Crippen LogP) is 0.995. The average Bonchev–Trinajstić information content (AvgIpc) is 2.59. The quantitative estimate of drug-likeness (QED) is 0.384. The van der Waals surface area contributed by atoms with Crippen molar-refractivity contribution < 1.29 is 24.1 Å². The molecule has 2 rings (SSSR count). The van der Waals surface area contributed by atoms with Crippen LogP contribution < -0.4 is 20.2 Å². The zero-order valence-electron chi connectivity index (χ0n) is 12.2. The van der Waals surface area contributed by atoms with Crippen LogP contribution in [0.4, 0.5) is 0 Å². The van der Waals surface area contributed by atoms with Gasteiger partial charge in [0.25, 0.3) is 0 Å². The predicted molar refractivity (Wildman–Crippen MR) is 78.7 cm³/mol. The van der Waals surface area contributed by atoms with Crippen LogP contribution in [0.3, 0.4) is 0 Å². The van der Waals surface area contributed by atoms with Crippen molar-refractivity contribution in [2.24, 2.45) is 10.9 Å². The molecule has 1 aromatic heterocycles. The largest absolute Gasteiger partial charge is 0.493 e. The Morgan fingerprint density at radius 3 is 2.55 bits per heavy atom. The SMILES string of the molecule is COc1ccc(C(=O)ON=C(N)c2ccc[nH+]c2)cc1OC. The van der Waals surface area contributed by atoms with Gasteiger partial charge in [-0.15, -0.1) is 0 Å². The second kappa shape index (κ2) is 7.07. The number of nitrogens with one attached hydrogen (secondary N) is 1. The molecule has 0 unspecified atom stereocenters. The number of hydrogen-bond acceptors (Lipinski definition) is 5. The Labute approximate surface area is 127 Å². The number of nitrogens with zero attached hydrogens (tertiary/aromatic N) is 1. The van der Waals surface area contributed by atoms with Crippen molar-refractivity contribution in [3.05, 3.63) is 53.9 Å². The lowest BCUT2D eigenvalue weighted by atomic mass is 10.2. The Morgan fingerprint density at radius 1 is 1.14 bits per heavy atom. The summed E-state index contributed by atoms with van der Waals surface area (Å²) < 4.78 is 10.2. The topological polar surface area (TPSA) is 97.3 Å². The molecule has 1 aromatic carbocycles. The van der Waals surface area contributed by atoms with Crippen molar-refractivity contribution in [3.8, 4) is 11.5 Å². The number of hydrogen-bond donors (Lipinski definition) is 1. The molecular weight excluding hydrogens is 286 g/mol. The fourth-order valence-electron chi connectivity index (χ4n) is 1.71. The number of aromatic amines is 1. The smallest absolute Gasteiger partial charge is 0.365 e. The minimum atomic E-state index is -0.649. The molecule has 0 aliphatic heterocycles. The van der Waals surface area contributed by atoms with Crippen LogP contribution in [-0.4, -0.2) is 26.0 Å². The number of aromatic nitrogens is 1. The van der Waals surface area contributed by atoms with Gasteiger partial charge in [0.05, 0.1) is 25.3 Å². The second-order valence-corrected chi connectivity index (χ2v) is 4.22. The maximum Gasteiger partial charge on any atom is 0.365 e. The summed E-state index contributed by atoms with van der Waals surface area (Å²) in [6, 6.07) is 8.15. The summed E-state index contributed by atoms with van der Waals surface area (Å²) in [5.41, 5.74) is 6.62. The lowest BCUT2D eigenvalue weighted by Gasteiger charge is -2.08. The Balaban J connectivity index is 2.12. The third-order valence-electron chi connectivity index (χ3n) is 2.85. The van der Waals surface area contributed by atoms with Gasteiger partial charge >= 0.3 is 5.97 Å². The summed E-state index contributed by atoms with van der Waals surface area (Å²) in [6.07, 6.45) is 3.37. The van der Waals surface area contributed by atoms with Crippen molar-refractivity contribution in [3.63, 3.8) is 0 Å². The first kappa shape index (κ1) is 15.3. The van der Waals surface area contributed by atoms with E-state index in [1.54, 1.807) is 36.7 Å². The van der Waals surface area contributed by atoms with Crippen molar-refractivity contribution in [2.45, 2.75) is 0 Å². The van der Waals surface area contributed by atoms with E-state index in [-0.39, 0.29) is 11.4 Å². The summed E-state index contributed by atoms with van der Waals surface area (Å²) in [5.74, 6) is 0.378. The van der Waals surface area contributed by atoms with E-state index in [9.17, 15) is 4.79 Å². The molecule has 0 bridgehead atoms. The van der Waals surface area contributed by atoms with Crippen LogP contribution in [0.5, 0.6) is 11.5 Å². The van der Waals surface area contributed by atoms with E-state index >= 15 is 0 Å². The number of H-pyrrole nitrogens is 1. The average molecular weight is 302 g/mol. The number of carbonyl (C=O) groups excluding carboxylic acids is 1. The lowest BCUT2D eigenvalue weighted by molar-refractivity contribution is -0.378. The highest BCUT2D eigenvalue weighted by atomic mass is 16.7. The number of rotatable bonds is 5. The Kier molecular flexibility index (Phi) is 4.92. The summed E-state index contributed by atoms with van der Waals surface area (Å²) in [5, 5.41) is 3.62. The maximum atomic E-state index is 12.0. The van der Waals surface area contributed by atoms with Gasteiger partial charge in [-0.25, -0.2) is 9.78 Å². The van der Waals surface area contributed by atoms with Gasteiger partial charge in [-0.1, -0.05) is 5.16 Å². The van der Waals surface area contributed by atoms with Gasteiger partial charge < -0.3 is 20.0 Å². The molecule has 0 amide bonds. The van der Waals surface area contributed by atoms with E-state index < -0.39 is 5.97 Å². The number of benzene rings is 1. The molecule has 0 spiro atoms. The lowest BCUT2D eigenvalue weighted by Crippen LogP contribution is -2.17. The Hall–Kier alpha value is -3.09. The first-order valence-electron chi connectivity index (χ1n) is 6.39. The molecule has 7 nitrogen and oxygen atoms in total. The number of methoxy groups -OCH3 is 2.